The first-order valence-corrected chi connectivity index (χ1v) is 10.2. The van der Waals surface area contributed by atoms with Gasteiger partial charge in [-0.3, -0.25) is 9.36 Å². The van der Waals surface area contributed by atoms with Crippen molar-refractivity contribution in [2.24, 2.45) is 0 Å². The average molecular weight is 420 g/mol. The van der Waals surface area contributed by atoms with Crippen LogP contribution in [0.4, 0.5) is 8.78 Å². The van der Waals surface area contributed by atoms with Crippen LogP contribution >= 0.6 is 11.8 Å². The molecule has 0 bridgehead atoms. The lowest BCUT2D eigenvalue weighted by Gasteiger charge is -2.18. The number of nitrogens with zero attached hydrogens (tertiary/aromatic N) is 2. The minimum atomic E-state index is -2.92. The number of benzene rings is 2. The summed E-state index contributed by atoms with van der Waals surface area (Å²) in [6.45, 7) is 1.09. The van der Waals surface area contributed by atoms with Crippen LogP contribution in [-0.4, -0.2) is 23.3 Å². The van der Waals surface area contributed by atoms with Crippen LogP contribution in [0.2, 0.25) is 0 Å². The molecule has 1 atom stereocenters. The van der Waals surface area contributed by atoms with Gasteiger partial charge in [0.15, 0.2) is 16.7 Å². The monoisotopic (exact) mass is 420 g/mol. The van der Waals surface area contributed by atoms with Crippen LogP contribution in [0.1, 0.15) is 31.9 Å². The molecular weight excluding hydrogens is 398 g/mol. The molecule has 1 heterocycles. The Balaban J connectivity index is 1.93. The van der Waals surface area contributed by atoms with Crippen molar-refractivity contribution in [1.82, 2.24) is 9.55 Å². The van der Waals surface area contributed by atoms with E-state index in [4.69, 9.17) is 9.72 Å². The Bertz CT molecular complexity index is 1060. The third-order valence-corrected chi connectivity index (χ3v) is 5.64. The van der Waals surface area contributed by atoms with E-state index < -0.39 is 6.61 Å². The number of ether oxygens (including phenoxy) is 2. The third kappa shape index (κ3) is 4.70. The SMILES string of the molecule is CC[C@@H](C)n1c(SCc2ccc(OC(F)F)c(OC)c2)nc2ccccc2c1=O. The molecule has 5 nitrogen and oxygen atoms in total. The molecule has 3 aromatic rings. The molecule has 3 rings (SSSR count). The number of hydrogen-bond acceptors (Lipinski definition) is 5. The van der Waals surface area contributed by atoms with Gasteiger partial charge >= 0.3 is 6.61 Å². The number of hydrogen-bond donors (Lipinski definition) is 0. The van der Waals surface area contributed by atoms with Crippen molar-refractivity contribution in [2.45, 2.75) is 43.8 Å². The Labute approximate surface area is 171 Å². The molecule has 0 amide bonds. The molecule has 1 aromatic heterocycles. The highest BCUT2D eigenvalue weighted by Crippen LogP contribution is 2.32. The van der Waals surface area contributed by atoms with E-state index in [9.17, 15) is 13.6 Å². The van der Waals surface area contributed by atoms with Crippen LogP contribution < -0.4 is 15.0 Å². The Hall–Kier alpha value is -2.61. The quantitative estimate of drug-likeness (QED) is 0.367. The van der Waals surface area contributed by atoms with Gasteiger partial charge in [0.05, 0.1) is 18.0 Å². The molecule has 0 aliphatic heterocycles. The first-order chi connectivity index (χ1) is 13.9. The van der Waals surface area contributed by atoms with E-state index >= 15 is 0 Å². The normalized spacial score (nSPS) is 12.3. The fraction of sp³-hybridized carbons (Fsp3) is 0.333. The van der Waals surface area contributed by atoms with E-state index in [2.05, 4.69) is 4.74 Å². The molecule has 29 heavy (non-hydrogen) atoms. The summed E-state index contributed by atoms with van der Waals surface area (Å²) < 4.78 is 36.3. The van der Waals surface area contributed by atoms with Crippen LogP contribution in [-0.2, 0) is 5.75 Å². The predicted octanol–water partition coefficient (Wildman–Crippen LogP) is 5.27. The maximum atomic E-state index is 13.0. The van der Waals surface area contributed by atoms with Gasteiger partial charge in [-0.2, -0.15) is 8.78 Å². The van der Waals surface area contributed by atoms with E-state index in [1.807, 2.05) is 32.0 Å². The van der Waals surface area contributed by atoms with Gasteiger partial charge in [-0.15, -0.1) is 0 Å². The Morgan fingerprint density at radius 2 is 1.93 bits per heavy atom. The number of fused-ring (bicyclic) bond motifs is 1. The van der Waals surface area contributed by atoms with Crippen LogP contribution in [0.25, 0.3) is 10.9 Å². The summed E-state index contributed by atoms with van der Waals surface area (Å²) in [6, 6.07) is 12.1. The predicted molar refractivity (Wildman–Crippen MR) is 110 cm³/mol. The van der Waals surface area contributed by atoms with Crippen molar-refractivity contribution in [3.8, 4) is 11.5 Å². The van der Waals surface area contributed by atoms with E-state index in [1.54, 1.807) is 22.8 Å². The standard InChI is InChI=1S/C21H22F2N2O3S/c1-4-13(2)25-19(26)15-7-5-6-8-16(15)24-21(25)29-12-14-9-10-17(28-20(22)23)18(11-14)27-3/h5-11,13,20H,4,12H2,1-3H3/t13-/m1/s1. The van der Waals surface area contributed by atoms with Gasteiger partial charge in [-0.05, 0) is 43.2 Å². The molecule has 0 saturated heterocycles. The highest BCUT2D eigenvalue weighted by Gasteiger charge is 2.16. The van der Waals surface area contributed by atoms with Crippen LogP contribution in [0.5, 0.6) is 11.5 Å². The first-order valence-electron chi connectivity index (χ1n) is 9.20. The topological polar surface area (TPSA) is 53.4 Å². The molecule has 8 heteroatoms. The molecule has 0 N–H and O–H groups in total. The Morgan fingerprint density at radius 1 is 1.17 bits per heavy atom. The molecule has 0 unspecified atom stereocenters. The molecule has 2 aromatic carbocycles. The summed E-state index contributed by atoms with van der Waals surface area (Å²) in [7, 11) is 1.40. The van der Waals surface area contributed by atoms with E-state index in [1.165, 1.54) is 24.9 Å². The zero-order valence-corrected chi connectivity index (χ0v) is 17.2. The highest BCUT2D eigenvalue weighted by atomic mass is 32.2. The van der Waals surface area contributed by atoms with Gasteiger partial charge in [0.1, 0.15) is 0 Å². The highest BCUT2D eigenvalue weighted by molar-refractivity contribution is 7.98. The average Bonchev–Trinajstić information content (AvgIpc) is 2.72. The van der Waals surface area contributed by atoms with Gasteiger partial charge in [-0.1, -0.05) is 36.9 Å². The largest absolute Gasteiger partial charge is 0.493 e. The maximum Gasteiger partial charge on any atom is 0.387 e. The molecule has 154 valence electrons. The number of aromatic nitrogens is 2. The molecule has 0 fully saturated rings. The van der Waals surface area contributed by atoms with Crippen LogP contribution in [0, 0.1) is 0 Å². The fourth-order valence-electron chi connectivity index (χ4n) is 2.94. The lowest BCUT2D eigenvalue weighted by molar-refractivity contribution is -0.0512. The molecule has 0 spiro atoms. The Morgan fingerprint density at radius 3 is 2.62 bits per heavy atom. The van der Waals surface area contributed by atoms with Crippen molar-refractivity contribution in [3.05, 3.63) is 58.4 Å². The lowest BCUT2D eigenvalue weighted by Crippen LogP contribution is -2.26. The zero-order valence-electron chi connectivity index (χ0n) is 16.4. The zero-order chi connectivity index (χ0) is 21.0. The van der Waals surface area contributed by atoms with Crippen molar-refractivity contribution >= 4 is 22.7 Å². The van der Waals surface area contributed by atoms with Crippen molar-refractivity contribution in [2.75, 3.05) is 7.11 Å². The van der Waals surface area contributed by atoms with Crippen LogP contribution in [0.15, 0.2) is 52.4 Å². The second-order valence-corrected chi connectivity index (χ2v) is 7.44. The van der Waals surface area contributed by atoms with Gasteiger partial charge < -0.3 is 9.47 Å². The lowest BCUT2D eigenvalue weighted by atomic mass is 10.2. The van der Waals surface area contributed by atoms with Crippen molar-refractivity contribution in [1.29, 1.82) is 0 Å². The van der Waals surface area contributed by atoms with Crippen molar-refractivity contribution < 1.29 is 18.3 Å². The van der Waals surface area contributed by atoms with Gasteiger partial charge in [0.2, 0.25) is 0 Å². The molecular formula is C21H22F2N2O3S. The summed E-state index contributed by atoms with van der Waals surface area (Å²) in [5.41, 5.74) is 1.43. The number of thioether (sulfide) groups is 1. The molecule has 0 radical (unpaired) electrons. The summed E-state index contributed by atoms with van der Waals surface area (Å²) in [5.74, 6) is 0.706. The molecule has 0 aliphatic rings. The maximum absolute atomic E-state index is 13.0. The summed E-state index contributed by atoms with van der Waals surface area (Å²) in [5, 5.41) is 1.21. The minimum Gasteiger partial charge on any atom is -0.493 e. The summed E-state index contributed by atoms with van der Waals surface area (Å²) >= 11 is 1.42. The third-order valence-electron chi connectivity index (χ3n) is 4.62. The van der Waals surface area contributed by atoms with E-state index in [0.29, 0.717) is 21.8 Å². The van der Waals surface area contributed by atoms with Gasteiger partial charge in [0, 0.05) is 11.8 Å². The minimum absolute atomic E-state index is 0.00143. The molecule has 0 aliphatic carbocycles. The number of alkyl halides is 2. The van der Waals surface area contributed by atoms with E-state index in [0.717, 1.165) is 12.0 Å². The fourth-order valence-corrected chi connectivity index (χ4v) is 3.98. The van der Waals surface area contributed by atoms with E-state index in [-0.39, 0.29) is 23.1 Å². The van der Waals surface area contributed by atoms with Gasteiger partial charge in [0.25, 0.3) is 5.56 Å². The number of rotatable bonds is 8. The van der Waals surface area contributed by atoms with Gasteiger partial charge in [-0.25, -0.2) is 4.98 Å². The van der Waals surface area contributed by atoms with Crippen molar-refractivity contribution in [3.63, 3.8) is 0 Å². The Kier molecular flexibility index (Phi) is 6.74. The van der Waals surface area contributed by atoms with Crippen LogP contribution in [0.3, 0.4) is 0 Å². The second kappa shape index (κ2) is 9.26. The second-order valence-electron chi connectivity index (χ2n) is 6.50. The summed E-state index contributed by atoms with van der Waals surface area (Å²) in [6.07, 6.45) is 0.793. The first kappa shape index (κ1) is 21.1. The smallest absolute Gasteiger partial charge is 0.387 e. The molecule has 0 saturated carbocycles. The number of methoxy groups -OCH3 is 1. The number of halogens is 2. The summed E-state index contributed by atoms with van der Waals surface area (Å²) in [4.78, 5) is 17.7. The number of para-hydroxylation sites is 1.